The normalized spacial score (nSPS) is 20.6. The molecule has 0 bridgehead atoms. The van der Waals surface area contributed by atoms with E-state index in [1.165, 1.54) is 18.1 Å². The highest BCUT2D eigenvalue weighted by atomic mass is 16.5. The van der Waals surface area contributed by atoms with E-state index in [9.17, 15) is 9.59 Å². The van der Waals surface area contributed by atoms with Crippen LogP contribution in [0.5, 0.6) is 0 Å². The lowest BCUT2D eigenvalue weighted by molar-refractivity contribution is -0.141. The Morgan fingerprint density at radius 2 is 2.13 bits per heavy atom. The smallest absolute Gasteiger partial charge is 0.306 e. The van der Waals surface area contributed by atoms with E-state index in [1.54, 1.807) is 0 Å². The number of esters is 1. The molecule has 0 amide bonds. The van der Waals surface area contributed by atoms with Gasteiger partial charge in [-0.3, -0.25) is 19.1 Å². The van der Waals surface area contributed by atoms with Gasteiger partial charge in [0.25, 0.3) is 0 Å². The molecule has 1 aromatic heterocycles. The predicted molar refractivity (Wildman–Crippen MR) is 86.4 cm³/mol. The second-order valence-corrected chi connectivity index (χ2v) is 6.28. The first kappa shape index (κ1) is 14.5. The third-order valence-corrected chi connectivity index (χ3v) is 5.14. The van der Waals surface area contributed by atoms with Crippen molar-refractivity contribution in [1.82, 2.24) is 9.47 Å². The Morgan fingerprint density at radius 3 is 2.96 bits per heavy atom. The van der Waals surface area contributed by atoms with Gasteiger partial charge in [0.05, 0.1) is 25.1 Å². The number of rotatable bonds is 3. The summed E-state index contributed by atoms with van der Waals surface area (Å²) >= 11 is 0. The molecule has 0 saturated carbocycles. The van der Waals surface area contributed by atoms with Gasteiger partial charge in [0.2, 0.25) is 5.91 Å². The number of carbonyl (C=O) groups excluding carboxylic acids is 2. The molecular formula is C18H20N2O3. The zero-order chi connectivity index (χ0) is 16.0. The highest BCUT2D eigenvalue weighted by molar-refractivity contribution is 5.97. The molecule has 0 spiro atoms. The number of benzene rings is 1. The van der Waals surface area contributed by atoms with Crippen LogP contribution in [-0.2, 0) is 16.0 Å². The maximum absolute atomic E-state index is 12.5. The summed E-state index contributed by atoms with van der Waals surface area (Å²) in [6.45, 7) is 1.61. The van der Waals surface area contributed by atoms with Crippen LogP contribution in [-0.4, -0.2) is 41.5 Å². The van der Waals surface area contributed by atoms with Gasteiger partial charge in [-0.15, -0.1) is 0 Å². The zero-order valence-electron chi connectivity index (χ0n) is 13.2. The standard InChI is InChI=1S/C18H20N2O3/c1-23-17(22)9-11-19-10-8-13-12-4-2-3-5-14(12)20-16(21)7-6-15(19)18(13)20/h2-5,15H,6-11H2,1H3. The minimum atomic E-state index is -0.178. The third kappa shape index (κ3) is 2.18. The summed E-state index contributed by atoms with van der Waals surface area (Å²) < 4.78 is 6.68. The number of ether oxygens (including phenoxy) is 1. The predicted octanol–water partition coefficient (Wildman–Crippen LogP) is 2.54. The maximum Gasteiger partial charge on any atom is 0.306 e. The summed E-state index contributed by atoms with van der Waals surface area (Å²) in [4.78, 5) is 26.3. The molecule has 120 valence electrons. The molecule has 23 heavy (non-hydrogen) atoms. The van der Waals surface area contributed by atoms with E-state index in [1.807, 2.05) is 22.8 Å². The molecule has 1 atom stereocenters. The number of nitrogens with zero attached hydrogens (tertiary/aromatic N) is 2. The molecule has 0 N–H and O–H groups in total. The first-order valence-electron chi connectivity index (χ1n) is 8.17. The number of carbonyl (C=O) groups is 2. The van der Waals surface area contributed by atoms with E-state index in [-0.39, 0.29) is 17.9 Å². The quantitative estimate of drug-likeness (QED) is 0.817. The van der Waals surface area contributed by atoms with Crippen molar-refractivity contribution in [2.24, 2.45) is 0 Å². The largest absolute Gasteiger partial charge is 0.469 e. The number of para-hydroxylation sites is 1. The molecular weight excluding hydrogens is 292 g/mol. The van der Waals surface area contributed by atoms with Crippen molar-refractivity contribution in [1.29, 1.82) is 0 Å². The van der Waals surface area contributed by atoms with Crippen LogP contribution >= 0.6 is 0 Å². The fourth-order valence-corrected chi connectivity index (χ4v) is 4.09. The van der Waals surface area contributed by atoms with Gasteiger partial charge in [-0.05, 0) is 24.5 Å². The Bertz CT molecular complexity index is 793. The molecule has 0 aliphatic carbocycles. The van der Waals surface area contributed by atoms with E-state index in [0.29, 0.717) is 19.4 Å². The summed E-state index contributed by atoms with van der Waals surface area (Å²) in [7, 11) is 1.42. The zero-order valence-corrected chi connectivity index (χ0v) is 13.2. The second-order valence-electron chi connectivity index (χ2n) is 6.28. The summed E-state index contributed by atoms with van der Waals surface area (Å²) in [5.74, 6) is 0.0109. The number of hydrogen-bond acceptors (Lipinski definition) is 4. The van der Waals surface area contributed by atoms with E-state index in [0.717, 1.165) is 30.6 Å². The molecule has 0 radical (unpaired) electrons. The lowest BCUT2D eigenvalue weighted by Gasteiger charge is -2.38. The van der Waals surface area contributed by atoms with Crippen molar-refractivity contribution in [2.45, 2.75) is 31.7 Å². The Kier molecular flexibility index (Phi) is 3.45. The molecule has 2 aliphatic heterocycles. The van der Waals surface area contributed by atoms with E-state index in [2.05, 4.69) is 11.0 Å². The molecule has 2 aliphatic rings. The van der Waals surface area contributed by atoms with Crippen LogP contribution < -0.4 is 0 Å². The minimum Gasteiger partial charge on any atom is -0.469 e. The van der Waals surface area contributed by atoms with Crippen molar-refractivity contribution >= 4 is 22.8 Å². The molecule has 1 aromatic carbocycles. The average molecular weight is 312 g/mol. The van der Waals surface area contributed by atoms with Gasteiger partial charge in [0, 0.05) is 30.6 Å². The molecule has 0 fully saturated rings. The highest BCUT2D eigenvalue weighted by Crippen LogP contribution is 2.42. The van der Waals surface area contributed by atoms with Crippen molar-refractivity contribution in [2.75, 3.05) is 20.2 Å². The maximum atomic E-state index is 12.5. The Hall–Kier alpha value is -2.14. The van der Waals surface area contributed by atoms with Crippen molar-refractivity contribution < 1.29 is 14.3 Å². The van der Waals surface area contributed by atoms with Crippen LogP contribution in [0.2, 0.25) is 0 Å². The molecule has 2 aromatic rings. The Labute approximate surface area is 134 Å². The topological polar surface area (TPSA) is 51.5 Å². The fraction of sp³-hybridized carbons (Fsp3) is 0.444. The van der Waals surface area contributed by atoms with Gasteiger partial charge < -0.3 is 4.74 Å². The molecule has 1 unspecified atom stereocenters. The molecule has 3 heterocycles. The summed E-state index contributed by atoms with van der Waals surface area (Å²) in [6, 6.07) is 8.41. The van der Waals surface area contributed by atoms with Gasteiger partial charge in [-0.2, -0.15) is 0 Å². The van der Waals surface area contributed by atoms with Crippen LogP contribution in [0.4, 0.5) is 0 Å². The van der Waals surface area contributed by atoms with E-state index >= 15 is 0 Å². The van der Waals surface area contributed by atoms with Crippen LogP contribution in [0.1, 0.15) is 41.4 Å². The minimum absolute atomic E-state index is 0.178. The van der Waals surface area contributed by atoms with Crippen LogP contribution in [0.25, 0.3) is 10.9 Å². The number of hydrogen-bond donors (Lipinski definition) is 0. The number of aromatic nitrogens is 1. The molecule has 5 heteroatoms. The van der Waals surface area contributed by atoms with Gasteiger partial charge in [0.15, 0.2) is 0 Å². The van der Waals surface area contributed by atoms with Crippen molar-refractivity contribution in [3.63, 3.8) is 0 Å². The first-order chi connectivity index (χ1) is 11.2. The fourth-order valence-electron chi connectivity index (χ4n) is 4.09. The molecule has 0 saturated heterocycles. The van der Waals surface area contributed by atoms with Crippen LogP contribution in [0.15, 0.2) is 24.3 Å². The third-order valence-electron chi connectivity index (χ3n) is 5.14. The monoisotopic (exact) mass is 312 g/mol. The summed E-state index contributed by atoms with van der Waals surface area (Å²) in [5, 5.41) is 1.20. The Morgan fingerprint density at radius 1 is 1.30 bits per heavy atom. The lowest BCUT2D eigenvalue weighted by atomic mass is 9.92. The highest BCUT2D eigenvalue weighted by Gasteiger charge is 2.37. The van der Waals surface area contributed by atoms with E-state index in [4.69, 9.17) is 4.74 Å². The summed E-state index contributed by atoms with van der Waals surface area (Å²) in [5.41, 5.74) is 3.49. The molecule has 5 nitrogen and oxygen atoms in total. The lowest BCUT2D eigenvalue weighted by Crippen LogP contribution is -2.41. The van der Waals surface area contributed by atoms with Crippen molar-refractivity contribution in [3.8, 4) is 0 Å². The first-order valence-corrected chi connectivity index (χ1v) is 8.17. The van der Waals surface area contributed by atoms with E-state index < -0.39 is 0 Å². The van der Waals surface area contributed by atoms with Gasteiger partial charge in [-0.1, -0.05) is 18.2 Å². The van der Waals surface area contributed by atoms with Gasteiger partial charge in [0.1, 0.15) is 0 Å². The van der Waals surface area contributed by atoms with Crippen LogP contribution in [0.3, 0.4) is 0 Å². The average Bonchev–Trinajstić information content (AvgIpc) is 2.93. The van der Waals surface area contributed by atoms with Gasteiger partial charge >= 0.3 is 5.97 Å². The van der Waals surface area contributed by atoms with Gasteiger partial charge in [-0.25, -0.2) is 0 Å². The van der Waals surface area contributed by atoms with Crippen molar-refractivity contribution in [3.05, 3.63) is 35.5 Å². The molecule has 4 rings (SSSR count). The SMILES string of the molecule is COC(=O)CCN1CCc2c3n(c4ccccc24)C(=O)CCC31. The number of fused-ring (bicyclic) bond motifs is 3. The second kappa shape index (κ2) is 5.49. The van der Waals surface area contributed by atoms with Crippen LogP contribution in [0, 0.1) is 0 Å². The summed E-state index contributed by atoms with van der Waals surface area (Å²) in [6.07, 6.45) is 2.72. The Balaban J connectivity index is 1.76. The number of methoxy groups -OCH3 is 1.